The number of azide groups is 1. The van der Waals surface area contributed by atoms with Crippen LogP contribution in [-0.4, -0.2) is 40.0 Å². The summed E-state index contributed by atoms with van der Waals surface area (Å²) in [5.74, 6) is 0.594. The summed E-state index contributed by atoms with van der Waals surface area (Å²) < 4.78 is 0. The van der Waals surface area contributed by atoms with Crippen molar-refractivity contribution >= 4 is 11.8 Å². The summed E-state index contributed by atoms with van der Waals surface area (Å²) in [6, 6.07) is -0.373. The first-order chi connectivity index (χ1) is 5.29. The second-order valence-corrected chi connectivity index (χ2v) is 3.59. The van der Waals surface area contributed by atoms with E-state index in [1.54, 1.807) is 0 Å². The molecule has 1 aliphatic rings. The van der Waals surface area contributed by atoms with Crippen molar-refractivity contribution in [3.8, 4) is 0 Å². The van der Waals surface area contributed by atoms with Crippen LogP contribution in [0.25, 0.3) is 10.4 Å². The Hall–Kier alpha value is -0.420. The van der Waals surface area contributed by atoms with Crippen molar-refractivity contribution in [1.29, 1.82) is 0 Å². The molecule has 0 bridgehead atoms. The maximum Gasteiger partial charge on any atom is 0.0773 e. The second kappa shape index (κ2) is 3.82. The van der Waals surface area contributed by atoms with Gasteiger partial charge in [-0.05, 0) is 5.53 Å². The van der Waals surface area contributed by atoms with E-state index >= 15 is 0 Å². The molecule has 1 saturated heterocycles. The second-order valence-electron chi connectivity index (χ2n) is 2.32. The smallest absolute Gasteiger partial charge is 0.0773 e. The first-order valence-corrected chi connectivity index (χ1v) is 4.29. The molecule has 3 atom stereocenters. The van der Waals surface area contributed by atoms with Gasteiger partial charge in [-0.25, -0.2) is 0 Å². The van der Waals surface area contributed by atoms with Gasteiger partial charge in [0.05, 0.1) is 24.0 Å². The minimum atomic E-state index is -0.694. The Bertz CT molecular complexity index is 183. The molecule has 2 N–H and O–H groups in total. The number of thioether (sulfide) groups is 1. The van der Waals surface area contributed by atoms with Crippen molar-refractivity contribution in [2.75, 3.05) is 12.4 Å². The highest BCUT2D eigenvalue weighted by atomic mass is 32.2. The van der Waals surface area contributed by atoms with Crippen molar-refractivity contribution in [2.24, 2.45) is 5.11 Å². The molecule has 0 unspecified atom stereocenters. The van der Waals surface area contributed by atoms with Crippen LogP contribution in [0.3, 0.4) is 0 Å². The third-order valence-electron chi connectivity index (χ3n) is 1.64. The van der Waals surface area contributed by atoms with Crippen molar-refractivity contribution in [2.45, 2.75) is 17.4 Å². The van der Waals surface area contributed by atoms with E-state index in [9.17, 15) is 5.11 Å². The van der Waals surface area contributed by atoms with Gasteiger partial charge in [-0.2, -0.15) is 11.8 Å². The van der Waals surface area contributed by atoms with Gasteiger partial charge in [0, 0.05) is 10.7 Å². The molecule has 0 aromatic carbocycles. The summed E-state index contributed by atoms with van der Waals surface area (Å²) in [5.41, 5.74) is 8.08. The van der Waals surface area contributed by atoms with Crippen molar-refractivity contribution < 1.29 is 10.2 Å². The van der Waals surface area contributed by atoms with Gasteiger partial charge >= 0.3 is 0 Å². The predicted molar refractivity (Wildman–Crippen MR) is 42.3 cm³/mol. The summed E-state index contributed by atoms with van der Waals surface area (Å²) in [7, 11) is 0. The molecule has 0 radical (unpaired) electrons. The molecular formula is C5H9N3O2S. The maximum absolute atomic E-state index is 9.33. The summed E-state index contributed by atoms with van der Waals surface area (Å²) in [5, 5.41) is 21.3. The molecule has 62 valence electrons. The van der Waals surface area contributed by atoms with Gasteiger partial charge in [0.25, 0.3) is 0 Å². The molecule has 0 saturated carbocycles. The van der Waals surface area contributed by atoms with Crippen molar-refractivity contribution in [3.63, 3.8) is 0 Å². The van der Waals surface area contributed by atoms with Crippen LogP contribution in [0.15, 0.2) is 5.11 Å². The zero-order chi connectivity index (χ0) is 8.27. The molecule has 0 aromatic heterocycles. The summed E-state index contributed by atoms with van der Waals surface area (Å²) in [4.78, 5) is 2.61. The van der Waals surface area contributed by atoms with E-state index in [4.69, 9.17) is 10.6 Å². The molecule has 1 rings (SSSR count). The third-order valence-corrected chi connectivity index (χ3v) is 3.03. The Morgan fingerprint density at radius 3 is 2.91 bits per heavy atom. The molecular weight excluding hydrogens is 166 g/mol. The van der Waals surface area contributed by atoms with Crippen LogP contribution >= 0.6 is 11.8 Å². The normalized spacial score (nSPS) is 36.7. The summed E-state index contributed by atoms with van der Waals surface area (Å²) >= 11 is 1.43. The van der Waals surface area contributed by atoms with Crippen molar-refractivity contribution in [3.05, 3.63) is 10.4 Å². The lowest BCUT2D eigenvalue weighted by Gasteiger charge is -2.11. The lowest BCUT2D eigenvalue weighted by atomic mass is 10.1. The molecule has 0 spiro atoms. The zero-order valence-electron chi connectivity index (χ0n) is 5.79. The zero-order valence-corrected chi connectivity index (χ0v) is 6.61. The molecule has 5 nitrogen and oxygen atoms in total. The SMILES string of the molecule is [N-]=[N+]=N[C@@H]1CS[C@H](CO)[C@H]1O. The van der Waals surface area contributed by atoms with Gasteiger partial charge < -0.3 is 10.2 Å². The molecule has 6 heteroatoms. The fourth-order valence-corrected chi connectivity index (χ4v) is 2.19. The van der Waals surface area contributed by atoms with Crippen LogP contribution in [0.5, 0.6) is 0 Å². The average Bonchev–Trinajstić information content (AvgIpc) is 2.34. The summed E-state index contributed by atoms with van der Waals surface area (Å²) in [6.45, 7) is -0.0662. The van der Waals surface area contributed by atoms with Crippen LogP contribution in [0.4, 0.5) is 0 Å². The minimum absolute atomic E-state index is 0.0662. The van der Waals surface area contributed by atoms with Gasteiger partial charge in [-0.3, -0.25) is 0 Å². The lowest BCUT2D eigenvalue weighted by Crippen LogP contribution is -2.29. The Balaban J connectivity index is 2.54. The number of hydrogen-bond donors (Lipinski definition) is 2. The van der Waals surface area contributed by atoms with Gasteiger partial charge in [-0.1, -0.05) is 5.11 Å². The van der Waals surface area contributed by atoms with E-state index < -0.39 is 6.10 Å². The van der Waals surface area contributed by atoms with Crippen LogP contribution in [0.2, 0.25) is 0 Å². The molecule has 1 heterocycles. The topological polar surface area (TPSA) is 89.2 Å². The number of aliphatic hydroxyl groups is 2. The van der Waals surface area contributed by atoms with Crippen LogP contribution in [0, 0.1) is 0 Å². The van der Waals surface area contributed by atoms with E-state index in [0.29, 0.717) is 5.75 Å². The first kappa shape index (κ1) is 8.67. The van der Waals surface area contributed by atoms with Gasteiger partial charge in [-0.15, -0.1) is 0 Å². The van der Waals surface area contributed by atoms with E-state index in [1.807, 2.05) is 0 Å². The maximum atomic E-state index is 9.33. The highest BCUT2D eigenvalue weighted by molar-refractivity contribution is 8.00. The first-order valence-electron chi connectivity index (χ1n) is 3.24. The van der Waals surface area contributed by atoms with Gasteiger partial charge in [0.2, 0.25) is 0 Å². The van der Waals surface area contributed by atoms with Crippen molar-refractivity contribution in [1.82, 2.24) is 0 Å². The van der Waals surface area contributed by atoms with E-state index in [2.05, 4.69) is 10.0 Å². The van der Waals surface area contributed by atoms with Gasteiger partial charge in [0.15, 0.2) is 0 Å². The fourth-order valence-electron chi connectivity index (χ4n) is 0.996. The average molecular weight is 175 g/mol. The highest BCUT2D eigenvalue weighted by Gasteiger charge is 2.33. The minimum Gasteiger partial charge on any atom is -0.395 e. The molecule has 1 fully saturated rings. The lowest BCUT2D eigenvalue weighted by molar-refractivity contribution is 0.131. The largest absolute Gasteiger partial charge is 0.395 e. The monoisotopic (exact) mass is 175 g/mol. The van der Waals surface area contributed by atoms with E-state index in [0.717, 1.165) is 0 Å². The Morgan fingerprint density at radius 1 is 1.73 bits per heavy atom. The van der Waals surface area contributed by atoms with Crippen LogP contribution in [0.1, 0.15) is 0 Å². The van der Waals surface area contributed by atoms with E-state index in [1.165, 1.54) is 11.8 Å². The van der Waals surface area contributed by atoms with Gasteiger partial charge in [0.1, 0.15) is 0 Å². The molecule has 0 aliphatic carbocycles. The number of rotatable bonds is 2. The number of nitrogens with zero attached hydrogens (tertiary/aromatic N) is 3. The fraction of sp³-hybridized carbons (Fsp3) is 1.00. The quantitative estimate of drug-likeness (QED) is 0.355. The van der Waals surface area contributed by atoms with Crippen LogP contribution in [-0.2, 0) is 0 Å². The number of hydrogen-bond acceptors (Lipinski definition) is 4. The Kier molecular flexibility index (Phi) is 3.02. The summed E-state index contributed by atoms with van der Waals surface area (Å²) in [6.07, 6.45) is -0.694. The number of aliphatic hydroxyl groups excluding tert-OH is 2. The molecule has 0 amide bonds. The Labute approximate surface area is 68.0 Å². The Morgan fingerprint density at radius 2 is 2.45 bits per heavy atom. The standard InChI is InChI=1S/C5H9N3O2S/c6-8-7-3-2-11-4(1-9)5(3)10/h3-5,9-10H,1-2H2/t3-,4-,5+/m1/s1. The van der Waals surface area contributed by atoms with E-state index in [-0.39, 0.29) is 17.9 Å². The molecule has 11 heavy (non-hydrogen) atoms. The predicted octanol–water partition coefficient (Wildman–Crippen LogP) is 0.134. The molecule has 1 aliphatic heterocycles. The highest BCUT2D eigenvalue weighted by Crippen LogP contribution is 2.28. The van der Waals surface area contributed by atoms with Crippen LogP contribution < -0.4 is 0 Å². The third kappa shape index (κ3) is 1.78. The molecule has 0 aromatic rings.